The Labute approximate surface area is 157 Å². The summed E-state index contributed by atoms with van der Waals surface area (Å²) in [6.07, 6.45) is 0. The van der Waals surface area contributed by atoms with Crippen LogP contribution in [-0.2, 0) is 17.9 Å². The lowest BCUT2D eigenvalue weighted by atomic mass is 10.2. The van der Waals surface area contributed by atoms with Gasteiger partial charge in [-0.05, 0) is 36.9 Å². The van der Waals surface area contributed by atoms with Gasteiger partial charge in [-0.25, -0.2) is 4.98 Å². The summed E-state index contributed by atoms with van der Waals surface area (Å²) >= 11 is 1.64. The van der Waals surface area contributed by atoms with Crippen molar-refractivity contribution in [2.45, 2.75) is 13.1 Å². The van der Waals surface area contributed by atoms with Gasteiger partial charge in [-0.3, -0.25) is 9.69 Å². The van der Waals surface area contributed by atoms with Gasteiger partial charge in [0.1, 0.15) is 10.8 Å². The molecule has 0 aliphatic rings. The van der Waals surface area contributed by atoms with Crippen molar-refractivity contribution in [3.05, 3.63) is 59.1 Å². The fraction of sp³-hybridized carbons (Fsp3) is 0.300. The number of aromatic nitrogens is 1. The quantitative estimate of drug-likeness (QED) is 0.640. The first-order chi connectivity index (χ1) is 12.5. The zero-order valence-electron chi connectivity index (χ0n) is 15.3. The van der Waals surface area contributed by atoms with E-state index in [1.165, 1.54) is 0 Å². The van der Waals surface area contributed by atoms with Crippen molar-refractivity contribution < 1.29 is 9.53 Å². The van der Waals surface area contributed by atoms with Crippen LogP contribution in [0, 0.1) is 0 Å². The number of hydrogen-bond donors (Lipinski definition) is 0. The van der Waals surface area contributed by atoms with Crippen LogP contribution in [0.1, 0.15) is 10.6 Å². The van der Waals surface area contributed by atoms with Gasteiger partial charge < -0.3 is 9.64 Å². The third kappa shape index (κ3) is 4.59. The van der Waals surface area contributed by atoms with Gasteiger partial charge in [-0.1, -0.05) is 24.3 Å². The highest BCUT2D eigenvalue weighted by Gasteiger charge is 2.14. The van der Waals surface area contributed by atoms with Crippen LogP contribution >= 0.6 is 11.3 Å². The first-order valence-corrected chi connectivity index (χ1v) is 9.26. The highest BCUT2D eigenvalue weighted by Crippen LogP contribution is 2.22. The predicted octanol–water partition coefficient (Wildman–Crippen LogP) is 3.40. The Balaban J connectivity index is 1.56. The van der Waals surface area contributed by atoms with Crippen molar-refractivity contribution in [1.29, 1.82) is 0 Å². The van der Waals surface area contributed by atoms with E-state index in [2.05, 4.69) is 11.1 Å². The summed E-state index contributed by atoms with van der Waals surface area (Å²) in [4.78, 5) is 20.9. The number of fused-ring (bicyclic) bond motifs is 1. The number of hydrogen-bond acceptors (Lipinski definition) is 5. The standard InChI is InChI=1S/C20H23N3O2S/c1-22(12-15-7-6-8-16(11-15)25-3)14-20(24)23(2)13-19-21-17-9-4-5-10-18(17)26-19/h4-11H,12-14H2,1-3H3. The Bertz CT molecular complexity index is 860. The molecule has 0 bridgehead atoms. The van der Waals surface area contributed by atoms with Crippen molar-refractivity contribution >= 4 is 27.5 Å². The summed E-state index contributed by atoms with van der Waals surface area (Å²) in [5, 5.41) is 0.956. The van der Waals surface area contributed by atoms with Gasteiger partial charge in [0.15, 0.2) is 0 Å². The van der Waals surface area contributed by atoms with Crippen LogP contribution < -0.4 is 4.74 Å². The van der Waals surface area contributed by atoms with E-state index < -0.39 is 0 Å². The third-order valence-corrected chi connectivity index (χ3v) is 5.15. The largest absolute Gasteiger partial charge is 0.497 e. The second-order valence-electron chi connectivity index (χ2n) is 6.35. The topological polar surface area (TPSA) is 45.7 Å². The molecule has 3 aromatic rings. The van der Waals surface area contributed by atoms with Crippen molar-refractivity contribution in [1.82, 2.24) is 14.8 Å². The highest BCUT2D eigenvalue weighted by atomic mass is 32.1. The van der Waals surface area contributed by atoms with Gasteiger partial charge in [0, 0.05) is 13.6 Å². The van der Waals surface area contributed by atoms with E-state index in [0.29, 0.717) is 19.6 Å². The van der Waals surface area contributed by atoms with Crippen LogP contribution in [0.4, 0.5) is 0 Å². The molecule has 0 fully saturated rings. The Morgan fingerprint density at radius 2 is 1.92 bits per heavy atom. The Hall–Kier alpha value is -2.44. The van der Waals surface area contributed by atoms with Gasteiger partial charge in [-0.15, -0.1) is 11.3 Å². The minimum Gasteiger partial charge on any atom is -0.497 e. The molecule has 0 atom stereocenters. The van der Waals surface area contributed by atoms with E-state index in [0.717, 1.165) is 26.5 Å². The zero-order chi connectivity index (χ0) is 18.5. The second kappa shape index (κ2) is 8.29. The number of nitrogens with zero attached hydrogens (tertiary/aromatic N) is 3. The number of ether oxygens (including phenoxy) is 1. The number of benzene rings is 2. The molecule has 1 heterocycles. The lowest BCUT2D eigenvalue weighted by Gasteiger charge is -2.21. The molecule has 0 saturated heterocycles. The second-order valence-corrected chi connectivity index (χ2v) is 7.46. The molecular weight excluding hydrogens is 346 g/mol. The van der Waals surface area contributed by atoms with Crippen LogP contribution in [0.2, 0.25) is 0 Å². The van der Waals surface area contributed by atoms with E-state index in [1.807, 2.05) is 61.5 Å². The van der Waals surface area contributed by atoms with Gasteiger partial charge in [0.2, 0.25) is 5.91 Å². The van der Waals surface area contributed by atoms with Crippen molar-refractivity contribution in [3.63, 3.8) is 0 Å². The van der Waals surface area contributed by atoms with E-state index >= 15 is 0 Å². The van der Waals surface area contributed by atoms with Crippen molar-refractivity contribution in [2.75, 3.05) is 27.7 Å². The van der Waals surface area contributed by atoms with E-state index in [9.17, 15) is 4.79 Å². The highest BCUT2D eigenvalue weighted by molar-refractivity contribution is 7.18. The van der Waals surface area contributed by atoms with E-state index in [-0.39, 0.29) is 5.91 Å². The monoisotopic (exact) mass is 369 g/mol. The van der Waals surface area contributed by atoms with Gasteiger partial charge in [-0.2, -0.15) is 0 Å². The van der Waals surface area contributed by atoms with Gasteiger partial charge in [0.05, 0.1) is 30.4 Å². The molecular formula is C20H23N3O2S. The zero-order valence-corrected chi connectivity index (χ0v) is 16.1. The molecule has 0 aliphatic carbocycles. The minimum atomic E-state index is 0.0784. The number of carbonyl (C=O) groups is 1. The van der Waals surface area contributed by atoms with E-state index in [1.54, 1.807) is 23.3 Å². The summed E-state index contributed by atoms with van der Waals surface area (Å²) in [7, 11) is 5.43. The molecule has 6 heteroatoms. The van der Waals surface area contributed by atoms with Crippen LogP contribution in [-0.4, -0.2) is 48.4 Å². The number of amides is 1. The molecule has 0 spiro atoms. The fourth-order valence-electron chi connectivity index (χ4n) is 2.77. The molecule has 0 radical (unpaired) electrons. The maximum atomic E-state index is 12.5. The van der Waals surface area contributed by atoms with Gasteiger partial charge in [0.25, 0.3) is 0 Å². The molecule has 136 valence electrons. The number of thiazole rings is 1. The van der Waals surface area contributed by atoms with Gasteiger partial charge >= 0.3 is 0 Å². The summed E-state index contributed by atoms with van der Waals surface area (Å²) in [5.41, 5.74) is 2.11. The molecule has 3 rings (SSSR count). The van der Waals surface area contributed by atoms with Crippen LogP contribution in [0.25, 0.3) is 10.2 Å². The van der Waals surface area contributed by atoms with Crippen LogP contribution in [0.5, 0.6) is 5.75 Å². The molecule has 1 amide bonds. The molecule has 1 aromatic heterocycles. The number of carbonyl (C=O) groups excluding carboxylic acids is 1. The van der Waals surface area contributed by atoms with Crippen LogP contribution in [0.3, 0.4) is 0 Å². The third-order valence-electron chi connectivity index (χ3n) is 4.13. The summed E-state index contributed by atoms with van der Waals surface area (Å²) in [6.45, 7) is 1.59. The molecule has 0 unspecified atom stereocenters. The van der Waals surface area contributed by atoms with Crippen LogP contribution in [0.15, 0.2) is 48.5 Å². The first-order valence-electron chi connectivity index (χ1n) is 8.45. The lowest BCUT2D eigenvalue weighted by Crippen LogP contribution is -2.36. The molecule has 0 aliphatic heterocycles. The maximum absolute atomic E-state index is 12.5. The fourth-order valence-corrected chi connectivity index (χ4v) is 3.79. The molecule has 0 saturated carbocycles. The van der Waals surface area contributed by atoms with Crippen molar-refractivity contribution in [2.24, 2.45) is 0 Å². The first kappa shape index (κ1) is 18.4. The molecule has 2 aromatic carbocycles. The SMILES string of the molecule is COc1cccc(CN(C)CC(=O)N(C)Cc2nc3ccccc3s2)c1. The summed E-state index contributed by atoms with van der Waals surface area (Å²) in [6, 6.07) is 15.9. The minimum absolute atomic E-state index is 0.0784. The Morgan fingerprint density at radius 3 is 2.69 bits per heavy atom. The normalized spacial score (nSPS) is 11.1. The predicted molar refractivity (Wildman–Crippen MR) is 105 cm³/mol. The molecule has 5 nitrogen and oxygen atoms in total. The average molecular weight is 369 g/mol. The van der Waals surface area contributed by atoms with Crippen molar-refractivity contribution in [3.8, 4) is 5.75 Å². The number of para-hydroxylation sites is 1. The Kier molecular flexibility index (Phi) is 5.85. The number of rotatable bonds is 7. The summed E-state index contributed by atoms with van der Waals surface area (Å²) < 4.78 is 6.40. The Morgan fingerprint density at radius 1 is 1.12 bits per heavy atom. The summed E-state index contributed by atoms with van der Waals surface area (Å²) in [5.74, 6) is 0.907. The average Bonchev–Trinajstić information content (AvgIpc) is 3.03. The maximum Gasteiger partial charge on any atom is 0.236 e. The lowest BCUT2D eigenvalue weighted by molar-refractivity contribution is -0.131. The number of likely N-dealkylation sites (N-methyl/N-ethyl adjacent to an activating group) is 2. The van der Waals surface area contributed by atoms with E-state index in [4.69, 9.17) is 4.74 Å². The molecule has 0 N–H and O–H groups in total. The molecule has 26 heavy (non-hydrogen) atoms. The number of methoxy groups -OCH3 is 1. The smallest absolute Gasteiger partial charge is 0.236 e.